The molecule has 0 heterocycles. The van der Waals surface area contributed by atoms with Gasteiger partial charge in [0, 0.05) is 19.3 Å². The van der Waals surface area contributed by atoms with Crippen molar-refractivity contribution in [2.45, 2.75) is 361 Å². The van der Waals surface area contributed by atoms with Gasteiger partial charge in [0.2, 0.25) is 0 Å². The van der Waals surface area contributed by atoms with E-state index in [0.29, 0.717) is 19.3 Å². The van der Waals surface area contributed by atoms with Gasteiger partial charge in [-0.2, -0.15) is 0 Å². The van der Waals surface area contributed by atoms with Crippen molar-refractivity contribution in [1.29, 1.82) is 0 Å². The Morgan fingerprint density at radius 1 is 0.259 bits per heavy atom. The van der Waals surface area contributed by atoms with Crippen molar-refractivity contribution in [2.24, 2.45) is 0 Å². The molecular formula is C75H132O6. The number of unbranched alkanes of at least 4 members (excludes halogenated alkanes) is 39. The minimum atomic E-state index is -0.781. The minimum absolute atomic E-state index is 0.0764. The van der Waals surface area contributed by atoms with E-state index in [2.05, 4.69) is 106 Å². The number of carbonyl (C=O) groups is 3. The van der Waals surface area contributed by atoms with Crippen LogP contribution >= 0.6 is 0 Å². The fourth-order valence-corrected chi connectivity index (χ4v) is 10.2. The second-order valence-electron chi connectivity index (χ2n) is 23.4. The molecule has 6 heteroatoms. The molecule has 0 saturated heterocycles. The fraction of sp³-hybridized carbons (Fsp3) is 0.773. The van der Waals surface area contributed by atoms with Crippen molar-refractivity contribution >= 4 is 17.9 Å². The van der Waals surface area contributed by atoms with Crippen molar-refractivity contribution in [3.05, 3.63) is 85.1 Å². The first kappa shape index (κ1) is 77.6. The van der Waals surface area contributed by atoms with E-state index >= 15 is 0 Å². The average molecular weight is 1130 g/mol. The van der Waals surface area contributed by atoms with Crippen LogP contribution in [0.15, 0.2) is 85.1 Å². The first-order chi connectivity index (χ1) is 40.0. The summed E-state index contributed by atoms with van der Waals surface area (Å²) in [6.07, 6.45) is 91.8. The van der Waals surface area contributed by atoms with Gasteiger partial charge in [-0.05, 0) is 96.3 Å². The Morgan fingerprint density at radius 2 is 0.481 bits per heavy atom. The molecule has 6 nitrogen and oxygen atoms in total. The molecule has 0 spiro atoms. The highest BCUT2D eigenvalue weighted by Gasteiger charge is 2.19. The van der Waals surface area contributed by atoms with Crippen molar-refractivity contribution in [3.63, 3.8) is 0 Å². The number of rotatable bonds is 64. The van der Waals surface area contributed by atoms with E-state index in [0.717, 1.165) is 116 Å². The largest absolute Gasteiger partial charge is 0.462 e. The smallest absolute Gasteiger partial charge is 0.306 e. The lowest BCUT2D eigenvalue weighted by Crippen LogP contribution is -2.30. The van der Waals surface area contributed by atoms with Crippen molar-refractivity contribution in [2.75, 3.05) is 13.2 Å². The summed E-state index contributed by atoms with van der Waals surface area (Å²) in [5.74, 6) is -0.870. The van der Waals surface area contributed by atoms with Gasteiger partial charge in [0.1, 0.15) is 13.2 Å². The Morgan fingerprint density at radius 3 is 0.765 bits per heavy atom. The molecule has 0 fully saturated rings. The summed E-state index contributed by atoms with van der Waals surface area (Å²) in [6, 6.07) is 0. The number of carbonyl (C=O) groups excluding carboxylic acids is 3. The zero-order valence-electron chi connectivity index (χ0n) is 53.8. The average Bonchev–Trinajstić information content (AvgIpc) is 3.47. The first-order valence-corrected chi connectivity index (χ1v) is 35.1. The maximum absolute atomic E-state index is 12.9. The van der Waals surface area contributed by atoms with Crippen LogP contribution in [0.5, 0.6) is 0 Å². The third kappa shape index (κ3) is 67.3. The zero-order valence-corrected chi connectivity index (χ0v) is 53.8. The summed E-state index contributed by atoms with van der Waals surface area (Å²) in [5, 5.41) is 0. The van der Waals surface area contributed by atoms with Crippen LogP contribution in [0, 0.1) is 0 Å². The van der Waals surface area contributed by atoms with Crippen LogP contribution < -0.4 is 0 Å². The molecule has 0 N–H and O–H groups in total. The highest BCUT2D eigenvalue weighted by atomic mass is 16.6. The third-order valence-electron chi connectivity index (χ3n) is 15.4. The number of esters is 3. The second kappa shape index (κ2) is 69.1. The lowest BCUT2D eigenvalue weighted by molar-refractivity contribution is -0.167. The molecule has 0 aromatic carbocycles. The lowest BCUT2D eigenvalue weighted by atomic mass is 10.0. The molecule has 0 aliphatic carbocycles. The molecule has 1 atom stereocenters. The number of ether oxygens (including phenoxy) is 3. The van der Waals surface area contributed by atoms with Crippen molar-refractivity contribution in [3.8, 4) is 0 Å². The standard InChI is InChI=1S/C75H132O6/c1-4-7-10-13-16-19-22-25-28-30-31-32-33-34-35-36-37-38-39-40-41-42-43-44-45-46-48-50-53-56-59-62-65-68-74(77)80-71-72(70-79-73(76)67-64-61-58-55-52-49-27-24-21-18-15-12-9-6-3)81-75(78)69-66-63-60-57-54-51-47-29-26-23-20-17-14-11-8-5-2/h7,10,16,19-20,23,25,28-29,31-32,34-35,47,72H,4-6,8-9,11-15,17-18,21-22,24,26-27,30,33,36-46,48-71H2,1-3H3/b10-7-,19-16-,23-20-,28-25-,32-31-,35-34-,47-29-. The van der Waals surface area contributed by atoms with Gasteiger partial charge in [-0.15, -0.1) is 0 Å². The van der Waals surface area contributed by atoms with Crippen molar-refractivity contribution < 1.29 is 28.6 Å². The summed E-state index contributed by atoms with van der Waals surface area (Å²) in [7, 11) is 0. The Balaban J connectivity index is 4.17. The molecule has 0 aromatic rings. The zero-order chi connectivity index (χ0) is 58.5. The van der Waals surface area contributed by atoms with Gasteiger partial charge in [0.15, 0.2) is 6.10 Å². The summed E-state index contributed by atoms with van der Waals surface area (Å²) >= 11 is 0. The van der Waals surface area contributed by atoms with Crippen molar-refractivity contribution in [1.82, 2.24) is 0 Å². The molecule has 0 bridgehead atoms. The maximum Gasteiger partial charge on any atom is 0.306 e. The predicted molar refractivity (Wildman–Crippen MR) is 353 cm³/mol. The van der Waals surface area contributed by atoms with Gasteiger partial charge in [0.25, 0.3) is 0 Å². The van der Waals surface area contributed by atoms with E-state index in [4.69, 9.17) is 14.2 Å². The van der Waals surface area contributed by atoms with Gasteiger partial charge < -0.3 is 14.2 Å². The fourth-order valence-electron chi connectivity index (χ4n) is 10.2. The topological polar surface area (TPSA) is 78.9 Å². The predicted octanol–water partition coefficient (Wildman–Crippen LogP) is 24.2. The molecule has 0 aliphatic rings. The Bertz CT molecular complexity index is 1530. The van der Waals surface area contributed by atoms with Crippen LogP contribution in [0.4, 0.5) is 0 Å². The van der Waals surface area contributed by atoms with Gasteiger partial charge in [-0.1, -0.05) is 324 Å². The number of hydrogen-bond acceptors (Lipinski definition) is 6. The van der Waals surface area contributed by atoms with Crippen LogP contribution in [-0.2, 0) is 28.6 Å². The Labute approximate surface area is 503 Å². The molecule has 0 amide bonds. The van der Waals surface area contributed by atoms with E-state index in [1.165, 1.54) is 199 Å². The summed E-state index contributed by atoms with van der Waals surface area (Å²) in [4.78, 5) is 38.4. The van der Waals surface area contributed by atoms with Crippen LogP contribution in [0.25, 0.3) is 0 Å². The quantitative estimate of drug-likeness (QED) is 0.0261. The monoisotopic (exact) mass is 1130 g/mol. The van der Waals surface area contributed by atoms with E-state index in [9.17, 15) is 14.4 Å². The molecule has 0 saturated carbocycles. The van der Waals surface area contributed by atoms with Crippen LogP contribution in [0.2, 0.25) is 0 Å². The normalized spacial score (nSPS) is 12.6. The van der Waals surface area contributed by atoms with Gasteiger partial charge in [-0.25, -0.2) is 0 Å². The van der Waals surface area contributed by atoms with Crippen LogP contribution in [-0.4, -0.2) is 37.2 Å². The Hall–Kier alpha value is -3.41. The van der Waals surface area contributed by atoms with E-state index in [1.54, 1.807) is 0 Å². The molecule has 0 rings (SSSR count). The minimum Gasteiger partial charge on any atom is -0.462 e. The lowest BCUT2D eigenvalue weighted by Gasteiger charge is -2.18. The highest BCUT2D eigenvalue weighted by Crippen LogP contribution is 2.18. The van der Waals surface area contributed by atoms with Crippen LogP contribution in [0.1, 0.15) is 355 Å². The molecule has 0 aliphatic heterocycles. The number of hydrogen-bond donors (Lipinski definition) is 0. The SMILES string of the molecule is CC/C=C\C/C=C\C/C=C\C/C=C\C/C=C\CCCCCCCCCCCCCCCCCCCC(=O)OCC(COC(=O)CCCCCCCCCCCCCCCC)OC(=O)CCCCCCC/C=C\C/C=C\CCCCCC. The van der Waals surface area contributed by atoms with Gasteiger partial charge in [-0.3, -0.25) is 14.4 Å². The summed E-state index contributed by atoms with van der Waals surface area (Å²) in [6.45, 7) is 6.54. The van der Waals surface area contributed by atoms with Gasteiger partial charge in [0.05, 0.1) is 0 Å². The molecular weight excluding hydrogens is 997 g/mol. The Kier molecular flexibility index (Phi) is 66.2. The summed E-state index contributed by atoms with van der Waals surface area (Å²) < 4.78 is 17.0. The molecule has 1 unspecified atom stereocenters. The molecule has 468 valence electrons. The van der Waals surface area contributed by atoms with Gasteiger partial charge >= 0.3 is 17.9 Å². The maximum atomic E-state index is 12.9. The van der Waals surface area contributed by atoms with E-state index in [-0.39, 0.29) is 31.1 Å². The van der Waals surface area contributed by atoms with E-state index in [1.807, 2.05) is 0 Å². The highest BCUT2D eigenvalue weighted by molar-refractivity contribution is 5.71. The van der Waals surface area contributed by atoms with E-state index < -0.39 is 6.10 Å². The molecule has 0 aromatic heterocycles. The first-order valence-electron chi connectivity index (χ1n) is 35.1. The summed E-state index contributed by atoms with van der Waals surface area (Å²) in [5.41, 5.74) is 0. The second-order valence-corrected chi connectivity index (χ2v) is 23.4. The van der Waals surface area contributed by atoms with Crippen LogP contribution in [0.3, 0.4) is 0 Å². The third-order valence-corrected chi connectivity index (χ3v) is 15.4. The molecule has 0 radical (unpaired) electrons. The molecule has 81 heavy (non-hydrogen) atoms. The number of allylic oxidation sites excluding steroid dienone is 14.